The fraction of sp³-hybridized carbons (Fsp3) is 0.429. The Balaban J connectivity index is 2.17. The number of fused-ring (bicyclic) bond motifs is 1. The summed E-state index contributed by atoms with van der Waals surface area (Å²) in [6.07, 6.45) is 4.67. The first-order chi connectivity index (χ1) is 8.29. The molecule has 0 radical (unpaired) electrons. The van der Waals surface area contributed by atoms with Crippen LogP contribution < -0.4 is 5.32 Å². The van der Waals surface area contributed by atoms with Gasteiger partial charge in [0.2, 0.25) is 0 Å². The van der Waals surface area contributed by atoms with Crippen molar-refractivity contribution in [2.75, 3.05) is 13.1 Å². The number of pyridine rings is 1. The van der Waals surface area contributed by atoms with Gasteiger partial charge in [0.25, 0.3) is 0 Å². The highest BCUT2D eigenvalue weighted by molar-refractivity contribution is 9.10. The van der Waals surface area contributed by atoms with Crippen molar-refractivity contribution in [2.24, 2.45) is 0 Å². The molecule has 2 aromatic heterocycles. The number of nitrogens with one attached hydrogen (secondary N) is 1. The summed E-state index contributed by atoms with van der Waals surface area (Å²) in [6, 6.07) is 6.40. The Labute approximate surface area is 110 Å². The van der Waals surface area contributed by atoms with E-state index in [1.54, 1.807) is 0 Å². The molecule has 0 atom stereocenters. The van der Waals surface area contributed by atoms with Crippen molar-refractivity contribution in [3.05, 3.63) is 40.1 Å². The lowest BCUT2D eigenvalue weighted by Crippen LogP contribution is -2.27. The lowest BCUT2D eigenvalue weighted by molar-refractivity contribution is 0.450. The SMILES string of the molecule is Cc1c(Br)c2ccccn2c1C1CCNCC1. The summed E-state index contributed by atoms with van der Waals surface area (Å²) in [5.74, 6) is 0.692. The smallest absolute Gasteiger partial charge is 0.0597 e. The average Bonchev–Trinajstić information content (AvgIpc) is 2.64. The standard InChI is InChI=1S/C14H17BrN2/c1-10-13(15)12-4-2-3-9-17(12)14(10)11-5-7-16-8-6-11/h2-4,9,11,16H,5-8H2,1H3. The molecule has 1 saturated heterocycles. The summed E-state index contributed by atoms with van der Waals surface area (Å²) < 4.78 is 3.61. The van der Waals surface area contributed by atoms with Gasteiger partial charge in [0.05, 0.1) is 5.52 Å². The molecule has 0 aromatic carbocycles. The summed E-state index contributed by atoms with van der Waals surface area (Å²) in [5.41, 5.74) is 4.19. The molecule has 1 N–H and O–H groups in total. The van der Waals surface area contributed by atoms with Crippen LogP contribution in [0.1, 0.15) is 30.0 Å². The summed E-state index contributed by atoms with van der Waals surface area (Å²) >= 11 is 3.73. The van der Waals surface area contributed by atoms with Gasteiger partial charge >= 0.3 is 0 Å². The zero-order valence-corrected chi connectivity index (χ0v) is 11.6. The molecule has 3 heteroatoms. The highest BCUT2D eigenvalue weighted by Crippen LogP contribution is 2.35. The van der Waals surface area contributed by atoms with Crippen LogP contribution in [-0.2, 0) is 0 Å². The van der Waals surface area contributed by atoms with Gasteiger partial charge in [0.1, 0.15) is 0 Å². The monoisotopic (exact) mass is 292 g/mol. The summed E-state index contributed by atoms with van der Waals surface area (Å²) in [7, 11) is 0. The second kappa shape index (κ2) is 4.46. The topological polar surface area (TPSA) is 16.4 Å². The molecule has 17 heavy (non-hydrogen) atoms. The van der Waals surface area contributed by atoms with Crippen molar-refractivity contribution < 1.29 is 0 Å². The quantitative estimate of drug-likeness (QED) is 0.851. The predicted octanol–water partition coefficient (Wildman–Crippen LogP) is 3.48. The van der Waals surface area contributed by atoms with Crippen molar-refractivity contribution >= 4 is 21.4 Å². The van der Waals surface area contributed by atoms with Gasteiger partial charge in [-0.1, -0.05) is 6.07 Å². The van der Waals surface area contributed by atoms with E-state index in [-0.39, 0.29) is 0 Å². The first-order valence-corrected chi connectivity index (χ1v) is 7.04. The van der Waals surface area contributed by atoms with Crippen molar-refractivity contribution in [3.63, 3.8) is 0 Å². The second-order valence-corrected chi connectivity index (χ2v) is 5.60. The molecule has 0 unspecified atom stereocenters. The van der Waals surface area contributed by atoms with Crippen LogP contribution in [0.4, 0.5) is 0 Å². The Hall–Kier alpha value is -0.800. The van der Waals surface area contributed by atoms with Crippen molar-refractivity contribution in [3.8, 4) is 0 Å². The van der Waals surface area contributed by atoms with Crippen LogP contribution in [0.2, 0.25) is 0 Å². The van der Waals surface area contributed by atoms with E-state index in [0.717, 1.165) is 13.1 Å². The third kappa shape index (κ3) is 1.81. The lowest BCUT2D eigenvalue weighted by Gasteiger charge is -2.23. The molecule has 3 rings (SSSR count). The van der Waals surface area contributed by atoms with E-state index in [9.17, 15) is 0 Å². The third-order valence-corrected chi connectivity index (χ3v) is 4.78. The first-order valence-electron chi connectivity index (χ1n) is 6.25. The number of hydrogen-bond acceptors (Lipinski definition) is 1. The Bertz CT molecular complexity index is 538. The van der Waals surface area contributed by atoms with E-state index in [2.05, 4.69) is 57.0 Å². The molecule has 2 aromatic rings. The van der Waals surface area contributed by atoms with Gasteiger partial charge in [-0.3, -0.25) is 0 Å². The highest BCUT2D eigenvalue weighted by atomic mass is 79.9. The molecule has 3 heterocycles. The van der Waals surface area contributed by atoms with Crippen LogP contribution in [0.3, 0.4) is 0 Å². The van der Waals surface area contributed by atoms with Gasteiger partial charge < -0.3 is 9.72 Å². The van der Waals surface area contributed by atoms with E-state index < -0.39 is 0 Å². The maximum Gasteiger partial charge on any atom is 0.0597 e. The molecule has 0 amide bonds. The molecule has 1 aliphatic rings. The van der Waals surface area contributed by atoms with E-state index >= 15 is 0 Å². The van der Waals surface area contributed by atoms with Crippen LogP contribution in [0, 0.1) is 6.92 Å². The van der Waals surface area contributed by atoms with Crippen LogP contribution in [0.25, 0.3) is 5.52 Å². The van der Waals surface area contributed by atoms with Crippen LogP contribution >= 0.6 is 15.9 Å². The predicted molar refractivity (Wildman–Crippen MR) is 74.7 cm³/mol. The van der Waals surface area contributed by atoms with Gasteiger partial charge in [-0.05, 0) is 66.5 Å². The van der Waals surface area contributed by atoms with Crippen LogP contribution in [0.5, 0.6) is 0 Å². The molecular weight excluding hydrogens is 276 g/mol. The number of nitrogens with zero attached hydrogens (tertiary/aromatic N) is 1. The van der Waals surface area contributed by atoms with Crippen molar-refractivity contribution in [2.45, 2.75) is 25.7 Å². The molecular formula is C14H17BrN2. The fourth-order valence-corrected chi connectivity index (χ4v) is 3.44. The zero-order valence-electron chi connectivity index (χ0n) is 10.0. The van der Waals surface area contributed by atoms with E-state index in [4.69, 9.17) is 0 Å². The molecule has 0 spiro atoms. The molecule has 0 saturated carbocycles. The minimum atomic E-state index is 0.692. The Morgan fingerprint density at radius 2 is 2.06 bits per heavy atom. The van der Waals surface area contributed by atoms with Gasteiger partial charge in [0, 0.05) is 22.3 Å². The van der Waals surface area contributed by atoms with E-state index in [1.165, 1.54) is 34.1 Å². The van der Waals surface area contributed by atoms with Crippen LogP contribution in [-0.4, -0.2) is 17.5 Å². The second-order valence-electron chi connectivity index (χ2n) is 4.80. The number of rotatable bonds is 1. The van der Waals surface area contributed by atoms with Gasteiger partial charge in [-0.2, -0.15) is 0 Å². The third-order valence-electron chi connectivity index (χ3n) is 3.78. The first kappa shape index (κ1) is 11.3. The molecule has 2 nitrogen and oxygen atoms in total. The summed E-state index contributed by atoms with van der Waals surface area (Å²) in [5, 5.41) is 3.44. The Morgan fingerprint density at radius 3 is 2.82 bits per heavy atom. The number of aromatic nitrogens is 1. The van der Waals surface area contributed by atoms with E-state index in [0.29, 0.717) is 5.92 Å². The lowest BCUT2D eigenvalue weighted by atomic mass is 9.92. The average molecular weight is 293 g/mol. The van der Waals surface area contributed by atoms with Gasteiger partial charge in [0.15, 0.2) is 0 Å². The zero-order chi connectivity index (χ0) is 11.8. The molecule has 1 aliphatic heterocycles. The number of hydrogen-bond donors (Lipinski definition) is 1. The molecule has 1 fully saturated rings. The normalized spacial score (nSPS) is 17.8. The number of halogens is 1. The van der Waals surface area contributed by atoms with Crippen molar-refractivity contribution in [1.82, 2.24) is 9.72 Å². The van der Waals surface area contributed by atoms with E-state index in [1.807, 2.05) is 0 Å². The fourth-order valence-electron chi connectivity index (χ4n) is 2.92. The van der Waals surface area contributed by atoms with Gasteiger partial charge in [-0.25, -0.2) is 0 Å². The van der Waals surface area contributed by atoms with Gasteiger partial charge in [-0.15, -0.1) is 0 Å². The Morgan fingerprint density at radius 1 is 1.29 bits per heavy atom. The maximum atomic E-state index is 3.73. The van der Waals surface area contributed by atoms with Crippen LogP contribution in [0.15, 0.2) is 28.9 Å². The number of piperidine rings is 1. The molecule has 90 valence electrons. The summed E-state index contributed by atoms with van der Waals surface area (Å²) in [6.45, 7) is 4.51. The largest absolute Gasteiger partial charge is 0.319 e. The highest BCUT2D eigenvalue weighted by Gasteiger charge is 2.22. The summed E-state index contributed by atoms with van der Waals surface area (Å²) in [4.78, 5) is 0. The maximum absolute atomic E-state index is 3.73. The molecule has 0 bridgehead atoms. The molecule has 0 aliphatic carbocycles. The minimum absolute atomic E-state index is 0.692. The minimum Gasteiger partial charge on any atom is -0.319 e. The Kier molecular flexibility index (Phi) is 2.97. The van der Waals surface area contributed by atoms with Crippen molar-refractivity contribution in [1.29, 1.82) is 0 Å².